The lowest BCUT2D eigenvalue weighted by Gasteiger charge is -2.15. The second kappa shape index (κ2) is 7.09. The van der Waals surface area contributed by atoms with Crippen LogP contribution < -0.4 is 11.2 Å². The highest BCUT2D eigenvalue weighted by atomic mass is 35.5. The Hall–Kier alpha value is -3.18. The van der Waals surface area contributed by atoms with Gasteiger partial charge in [-0.15, -0.1) is 0 Å². The van der Waals surface area contributed by atoms with E-state index in [-0.39, 0.29) is 12.1 Å². The normalized spacial score (nSPS) is 11.1. The molecule has 0 atom stereocenters. The molecule has 0 fully saturated rings. The molecule has 0 unspecified atom stereocenters. The van der Waals surface area contributed by atoms with Crippen molar-refractivity contribution >= 4 is 22.6 Å². The van der Waals surface area contributed by atoms with Crippen LogP contribution in [0.4, 0.5) is 0 Å². The molecule has 0 N–H and O–H groups in total. The molecule has 4 aromatic rings. The fourth-order valence-electron chi connectivity index (χ4n) is 3.42. The van der Waals surface area contributed by atoms with E-state index in [4.69, 9.17) is 11.6 Å². The fourth-order valence-corrected chi connectivity index (χ4v) is 3.62. The van der Waals surface area contributed by atoms with E-state index in [1.54, 1.807) is 6.07 Å². The number of nitrogens with zero attached hydrogens (tertiary/aromatic N) is 3. The zero-order valence-electron chi connectivity index (χ0n) is 15.5. The molecular formula is C22H18ClN3O2. The van der Waals surface area contributed by atoms with E-state index in [1.807, 2.05) is 68.4 Å². The monoisotopic (exact) mass is 391 g/mol. The van der Waals surface area contributed by atoms with Gasteiger partial charge in [0.2, 0.25) is 0 Å². The maximum Gasteiger partial charge on any atom is 0.337 e. The summed E-state index contributed by atoms with van der Waals surface area (Å²) in [6, 6.07) is 18.3. The molecule has 4 rings (SSSR count). The van der Waals surface area contributed by atoms with Crippen molar-refractivity contribution in [1.29, 1.82) is 0 Å². The quantitative estimate of drug-likeness (QED) is 0.532. The number of aromatic nitrogens is 3. The van der Waals surface area contributed by atoms with Crippen LogP contribution in [0.2, 0.25) is 5.02 Å². The maximum atomic E-state index is 13.4. The summed E-state index contributed by atoms with van der Waals surface area (Å²) >= 11 is 6.27. The number of aryl methyl sites for hydroxylation is 2. The van der Waals surface area contributed by atoms with Crippen LogP contribution in [0.1, 0.15) is 16.8 Å². The predicted octanol–water partition coefficient (Wildman–Crippen LogP) is 3.87. The lowest BCUT2D eigenvalue weighted by Crippen LogP contribution is -2.40. The topological polar surface area (TPSA) is 56.9 Å². The van der Waals surface area contributed by atoms with Gasteiger partial charge in [-0.25, -0.2) is 14.3 Å². The second-order valence-electron chi connectivity index (χ2n) is 6.72. The van der Waals surface area contributed by atoms with Crippen molar-refractivity contribution in [3.63, 3.8) is 0 Å². The number of para-hydroxylation sites is 1. The van der Waals surface area contributed by atoms with Crippen molar-refractivity contribution in [2.75, 3.05) is 0 Å². The molecular weight excluding hydrogens is 374 g/mol. The third-order valence-electron chi connectivity index (χ3n) is 4.72. The number of pyridine rings is 1. The molecule has 2 aromatic heterocycles. The van der Waals surface area contributed by atoms with E-state index in [0.717, 1.165) is 11.3 Å². The van der Waals surface area contributed by atoms with E-state index in [2.05, 4.69) is 4.98 Å². The number of halogens is 1. The summed E-state index contributed by atoms with van der Waals surface area (Å²) in [5, 5.41) is 0.944. The minimum atomic E-state index is -0.443. The molecule has 28 heavy (non-hydrogen) atoms. The van der Waals surface area contributed by atoms with E-state index < -0.39 is 5.69 Å². The van der Waals surface area contributed by atoms with Gasteiger partial charge in [-0.3, -0.25) is 9.36 Å². The molecule has 140 valence electrons. The number of rotatable bonds is 3. The Morgan fingerprint density at radius 2 is 1.64 bits per heavy atom. The van der Waals surface area contributed by atoms with Gasteiger partial charge in [-0.2, -0.15) is 0 Å². The van der Waals surface area contributed by atoms with Crippen LogP contribution in [0, 0.1) is 13.8 Å². The van der Waals surface area contributed by atoms with Gasteiger partial charge in [0.25, 0.3) is 5.56 Å². The lowest BCUT2D eigenvalue weighted by molar-refractivity contribution is 0.682. The first-order valence-corrected chi connectivity index (χ1v) is 9.28. The van der Waals surface area contributed by atoms with Crippen molar-refractivity contribution in [1.82, 2.24) is 14.1 Å². The molecule has 0 spiro atoms. The summed E-state index contributed by atoms with van der Waals surface area (Å²) in [6.07, 6.45) is 0. The molecule has 0 saturated heterocycles. The van der Waals surface area contributed by atoms with Crippen molar-refractivity contribution < 1.29 is 0 Å². The SMILES string of the molecule is Cc1cc(C)c2c(=O)n(Cc3ccccc3Cl)c(=O)n(-c3ccccc3)c2n1. The summed E-state index contributed by atoms with van der Waals surface area (Å²) in [5.74, 6) is 0. The Labute approximate surface area is 166 Å². The summed E-state index contributed by atoms with van der Waals surface area (Å²) in [7, 11) is 0. The standard InChI is InChI=1S/C22H18ClN3O2/c1-14-12-15(2)24-20-19(14)21(27)25(13-16-8-6-7-11-18(16)23)22(28)26(20)17-9-4-3-5-10-17/h3-12H,13H2,1-2H3. The molecule has 0 bridgehead atoms. The maximum absolute atomic E-state index is 13.4. The number of hydrogen-bond donors (Lipinski definition) is 0. The molecule has 0 saturated carbocycles. The zero-order chi connectivity index (χ0) is 19.8. The molecule has 0 amide bonds. The molecule has 2 heterocycles. The Bertz CT molecular complexity index is 1310. The van der Waals surface area contributed by atoms with Crippen LogP contribution in [-0.2, 0) is 6.54 Å². The number of hydrogen-bond acceptors (Lipinski definition) is 3. The van der Waals surface area contributed by atoms with Gasteiger partial charge in [-0.1, -0.05) is 48.0 Å². The number of fused-ring (bicyclic) bond motifs is 1. The molecule has 6 heteroatoms. The van der Waals surface area contributed by atoms with Crippen LogP contribution in [0.5, 0.6) is 0 Å². The van der Waals surface area contributed by atoms with Crippen LogP contribution in [0.15, 0.2) is 70.3 Å². The highest BCUT2D eigenvalue weighted by Gasteiger charge is 2.18. The van der Waals surface area contributed by atoms with Gasteiger partial charge in [0.05, 0.1) is 17.6 Å². The average molecular weight is 392 g/mol. The Morgan fingerprint density at radius 1 is 0.964 bits per heavy atom. The van der Waals surface area contributed by atoms with Crippen molar-refractivity contribution in [2.45, 2.75) is 20.4 Å². The molecule has 2 aromatic carbocycles. The van der Waals surface area contributed by atoms with Gasteiger partial charge in [0.15, 0.2) is 5.65 Å². The Kier molecular flexibility index (Phi) is 4.61. The highest BCUT2D eigenvalue weighted by molar-refractivity contribution is 6.31. The Morgan fingerprint density at radius 3 is 2.36 bits per heavy atom. The van der Waals surface area contributed by atoms with Crippen molar-refractivity contribution in [3.8, 4) is 5.69 Å². The third-order valence-corrected chi connectivity index (χ3v) is 5.09. The Balaban J connectivity index is 2.11. The molecule has 5 nitrogen and oxygen atoms in total. The second-order valence-corrected chi connectivity index (χ2v) is 7.12. The molecule has 0 aliphatic heterocycles. The van der Waals surface area contributed by atoms with E-state index in [1.165, 1.54) is 9.13 Å². The van der Waals surface area contributed by atoms with Gasteiger partial charge >= 0.3 is 5.69 Å². The molecule has 0 aliphatic rings. The van der Waals surface area contributed by atoms with Gasteiger partial charge in [-0.05, 0) is 49.2 Å². The zero-order valence-corrected chi connectivity index (χ0v) is 16.3. The van der Waals surface area contributed by atoms with Crippen molar-refractivity contribution in [3.05, 3.63) is 103 Å². The smallest absolute Gasteiger partial charge is 0.268 e. The average Bonchev–Trinajstić information content (AvgIpc) is 2.67. The fraction of sp³-hybridized carbons (Fsp3) is 0.136. The van der Waals surface area contributed by atoms with Crippen LogP contribution >= 0.6 is 11.6 Å². The summed E-state index contributed by atoms with van der Waals surface area (Å²) in [6.45, 7) is 3.80. The highest BCUT2D eigenvalue weighted by Crippen LogP contribution is 2.18. The third kappa shape index (κ3) is 3.04. The number of benzene rings is 2. The summed E-state index contributed by atoms with van der Waals surface area (Å²) in [4.78, 5) is 31.2. The van der Waals surface area contributed by atoms with Gasteiger partial charge in [0, 0.05) is 10.7 Å². The van der Waals surface area contributed by atoms with Gasteiger partial charge in [0.1, 0.15) is 0 Å². The minimum Gasteiger partial charge on any atom is -0.268 e. The first-order chi connectivity index (χ1) is 13.5. The van der Waals surface area contributed by atoms with E-state index in [0.29, 0.717) is 27.3 Å². The van der Waals surface area contributed by atoms with Crippen LogP contribution in [0.25, 0.3) is 16.7 Å². The lowest BCUT2D eigenvalue weighted by atomic mass is 10.1. The molecule has 0 aliphatic carbocycles. The first kappa shape index (κ1) is 18.2. The van der Waals surface area contributed by atoms with E-state index in [9.17, 15) is 9.59 Å². The summed E-state index contributed by atoms with van der Waals surface area (Å²) < 4.78 is 2.72. The predicted molar refractivity (Wildman–Crippen MR) is 112 cm³/mol. The summed E-state index contributed by atoms with van der Waals surface area (Å²) in [5.41, 5.74) is 2.46. The largest absolute Gasteiger partial charge is 0.337 e. The van der Waals surface area contributed by atoms with Crippen molar-refractivity contribution in [2.24, 2.45) is 0 Å². The first-order valence-electron chi connectivity index (χ1n) is 8.90. The van der Waals surface area contributed by atoms with Crippen LogP contribution in [0.3, 0.4) is 0 Å². The van der Waals surface area contributed by atoms with Crippen LogP contribution in [-0.4, -0.2) is 14.1 Å². The minimum absolute atomic E-state index is 0.0907. The van der Waals surface area contributed by atoms with E-state index >= 15 is 0 Å². The molecule has 0 radical (unpaired) electrons. The van der Waals surface area contributed by atoms with Gasteiger partial charge < -0.3 is 0 Å².